The Morgan fingerprint density at radius 3 is 2.65 bits per heavy atom. The predicted octanol–water partition coefficient (Wildman–Crippen LogP) is 2.21. The topological polar surface area (TPSA) is 38.3 Å². The summed E-state index contributed by atoms with van der Waals surface area (Å²) in [6.07, 6.45) is 1.83. The maximum atomic E-state index is 12.1. The first-order chi connectivity index (χ1) is 8.16. The van der Waals surface area contributed by atoms with Crippen molar-refractivity contribution >= 4 is 5.91 Å². The van der Waals surface area contributed by atoms with Crippen LogP contribution in [0.3, 0.4) is 0 Å². The number of rotatable bonds is 2. The van der Waals surface area contributed by atoms with E-state index in [9.17, 15) is 4.79 Å². The van der Waals surface area contributed by atoms with Crippen molar-refractivity contribution in [3.05, 3.63) is 34.9 Å². The van der Waals surface area contributed by atoms with Crippen molar-refractivity contribution in [2.45, 2.75) is 32.7 Å². The van der Waals surface area contributed by atoms with Crippen LogP contribution in [0.4, 0.5) is 0 Å². The average Bonchev–Trinajstić information content (AvgIpc) is 2.30. The van der Waals surface area contributed by atoms with Crippen LogP contribution in [0.1, 0.15) is 34.3 Å². The Balaban J connectivity index is 2.03. The molecule has 2 rings (SSSR count). The van der Waals surface area contributed by atoms with Gasteiger partial charge in [0.1, 0.15) is 0 Å². The first-order valence-electron chi connectivity index (χ1n) is 6.12. The van der Waals surface area contributed by atoms with E-state index < -0.39 is 0 Å². The number of carbonyl (C=O) groups is 1. The summed E-state index contributed by atoms with van der Waals surface area (Å²) in [6.45, 7) is 5.51. The van der Waals surface area contributed by atoms with Gasteiger partial charge in [-0.15, -0.1) is 0 Å². The van der Waals surface area contributed by atoms with Gasteiger partial charge in [-0.25, -0.2) is 0 Å². The zero-order chi connectivity index (χ0) is 12.3. The summed E-state index contributed by atoms with van der Waals surface area (Å²) in [6, 6.07) is 6.18. The standard InChI is InChI=1S/C14H19NO2/c1-10-3-4-13(11(2)9-10)14(16)15-12-5-7-17-8-6-12/h3-4,9,12H,5-8H2,1-2H3,(H,15,16). The zero-order valence-corrected chi connectivity index (χ0v) is 10.5. The van der Waals surface area contributed by atoms with Gasteiger partial charge in [0.05, 0.1) is 0 Å². The van der Waals surface area contributed by atoms with Crippen molar-refractivity contribution in [3.63, 3.8) is 0 Å². The van der Waals surface area contributed by atoms with E-state index in [4.69, 9.17) is 4.74 Å². The van der Waals surface area contributed by atoms with Crippen molar-refractivity contribution in [2.75, 3.05) is 13.2 Å². The molecule has 1 aliphatic heterocycles. The summed E-state index contributed by atoms with van der Waals surface area (Å²) in [5.74, 6) is 0.0365. The minimum Gasteiger partial charge on any atom is -0.381 e. The molecule has 0 saturated carbocycles. The van der Waals surface area contributed by atoms with Crippen molar-refractivity contribution in [2.24, 2.45) is 0 Å². The third-order valence-electron chi connectivity index (χ3n) is 3.18. The molecule has 0 radical (unpaired) electrons. The minimum atomic E-state index is 0.0365. The lowest BCUT2D eigenvalue weighted by Gasteiger charge is -2.23. The van der Waals surface area contributed by atoms with Crippen LogP contribution < -0.4 is 5.32 Å². The lowest BCUT2D eigenvalue weighted by atomic mass is 10.0. The molecule has 3 nitrogen and oxygen atoms in total. The molecule has 3 heteroatoms. The second-order valence-electron chi connectivity index (χ2n) is 4.68. The third kappa shape index (κ3) is 3.07. The quantitative estimate of drug-likeness (QED) is 0.850. The second-order valence-corrected chi connectivity index (χ2v) is 4.68. The maximum absolute atomic E-state index is 12.1. The van der Waals surface area contributed by atoms with Crippen LogP contribution in [-0.4, -0.2) is 25.2 Å². The average molecular weight is 233 g/mol. The van der Waals surface area contributed by atoms with Crippen LogP contribution in [-0.2, 0) is 4.74 Å². The van der Waals surface area contributed by atoms with Gasteiger partial charge >= 0.3 is 0 Å². The Kier molecular flexibility index (Phi) is 3.79. The Morgan fingerprint density at radius 2 is 2.00 bits per heavy atom. The molecule has 92 valence electrons. The smallest absolute Gasteiger partial charge is 0.251 e. The molecule has 1 aromatic rings. The van der Waals surface area contributed by atoms with Crippen LogP contribution >= 0.6 is 0 Å². The fourth-order valence-corrected chi connectivity index (χ4v) is 2.17. The van der Waals surface area contributed by atoms with E-state index in [0.29, 0.717) is 0 Å². The highest BCUT2D eigenvalue weighted by atomic mass is 16.5. The fourth-order valence-electron chi connectivity index (χ4n) is 2.17. The highest BCUT2D eigenvalue weighted by Crippen LogP contribution is 2.12. The molecule has 0 spiro atoms. The van der Waals surface area contributed by atoms with Gasteiger partial charge in [0, 0.05) is 24.8 Å². The number of nitrogens with one attached hydrogen (secondary N) is 1. The highest BCUT2D eigenvalue weighted by molar-refractivity contribution is 5.95. The van der Waals surface area contributed by atoms with Crippen LogP contribution in [0.25, 0.3) is 0 Å². The van der Waals surface area contributed by atoms with Crippen molar-refractivity contribution < 1.29 is 9.53 Å². The molecule has 1 saturated heterocycles. The Labute approximate surface area is 102 Å². The molecular formula is C14H19NO2. The number of hydrogen-bond donors (Lipinski definition) is 1. The van der Waals surface area contributed by atoms with E-state index in [1.807, 2.05) is 32.0 Å². The number of hydrogen-bond acceptors (Lipinski definition) is 2. The van der Waals surface area contributed by atoms with Crippen LogP contribution in [0.2, 0.25) is 0 Å². The molecule has 1 aromatic carbocycles. The van der Waals surface area contributed by atoms with Gasteiger partial charge in [0.15, 0.2) is 0 Å². The monoisotopic (exact) mass is 233 g/mol. The first-order valence-corrected chi connectivity index (χ1v) is 6.12. The molecule has 1 fully saturated rings. The Morgan fingerprint density at radius 1 is 1.29 bits per heavy atom. The predicted molar refractivity (Wildman–Crippen MR) is 67.2 cm³/mol. The summed E-state index contributed by atoms with van der Waals surface area (Å²) in [5, 5.41) is 3.08. The third-order valence-corrected chi connectivity index (χ3v) is 3.18. The lowest BCUT2D eigenvalue weighted by molar-refractivity contribution is 0.0696. The Bertz CT molecular complexity index is 409. The van der Waals surface area contributed by atoms with E-state index in [1.165, 1.54) is 5.56 Å². The summed E-state index contributed by atoms with van der Waals surface area (Å²) < 4.78 is 5.28. The molecule has 0 atom stereocenters. The highest BCUT2D eigenvalue weighted by Gasteiger charge is 2.17. The molecule has 0 bridgehead atoms. The zero-order valence-electron chi connectivity index (χ0n) is 10.5. The molecule has 0 unspecified atom stereocenters. The summed E-state index contributed by atoms with van der Waals surface area (Å²) in [7, 11) is 0. The second kappa shape index (κ2) is 5.32. The SMILES string of the molecule is Cc1ccc(C(=O)NC2CCOCC2)c(C)c1. The molecule has 17 heavy (non-hydrogen) atoms. The van der Waals surface area contributed by atoms with Crippen LogP contribution in [0.5, 0.6) is 0 Å². The molecule has 0 aromatic heterocycles. The van der Waals surface area contributed by atoms with Gasteiger partial charge in [0.25, 0.3) is 5.91 Å². The van der Waals surface area contributed by atoms with Gasteiger partial charge in [0.2, 0.25) is 0 Å². The largest absolute Gasteiger partial charge is 0.381 e. The van der Waals surface area contributed by atoms with Gasteiger partial charge in [-0.3, -0.25) is 4.79 Å². The van der Waals surface area contributed by atoms with E-state index in [-0.39, 0.29) is 11.9 Å². The number of carbonyl (C=O) groups excluding carboxylic acids is 1. The normalized spacial score (nSPS) is 16.8. The summed E-state index contributed by atoms with van der Waals surface area (Å²) in [4.78, 5) is 12.1. The molecular weight excluding hydrogens is 214 g/mol. The minimum absolute atomic E-state index is 0.0365. The maximum Gasteiger partial charge on any atom is 0.251 e. The van der Waals surface area contributed by atoms with E-state index >= 15 is 0 Å². The number of ether oxygens (including phenoxy) is 1. The number of aryl methyl sites for hydroxylation is 2. The number of benzene rings is 1. The first kappa shape index (κ1) is 12.1. The number of amides is 1. The summed E-state index contributed by atoms with van der Waals surface area (Å²) in [5.41, 5.74) is 3.00. The van der Waals surface area contributed by atoms with Crippen molar-refractivity contribution in [1.29, 1.82) is 0 Å². The van der Waals surface area contributed by atoms with Gasteiger partial charge in [-0.2, -0.15) is 0 Å². The van der Waals surface area contributed by atoms with Gasteiger partial charge in [-0.1, -0.05) is 17.7 Å². The van der Waals surface area contributed by atoms with E-state index in [0.717, 1.165) is 37.2 Å². The molecule has 0 aliphatic carbocycles. The van der Waals surface area contributed by atoms with Crippen molar-refractivity contribution in [1.82, 2.24) is 5.32 Å². The molecule has 1 aliphatic rings. The van der Waals surface area contributed by atoms with Crippen LogP contribution in [0.15, 0.2) is 18.2 Å². The van der Waals surface area contributed by atoms with Gasteiger partial charge < -0.3 is 10.1 Å². The molecule has 1 heterocycles. The molecule has 1 N–H and O–H groups in total. The van der Waals surface area contributed by atoms with Gasteiger partial charge in [-0.05, 0) is 38.3 Å². The molecule has 1 amide bonds. The van der Waals surface area contributed by atoms with E-state index in [1.54, 1.807) is 0 Å². The fraction of sp³-hybridized carbons (Fsp3) is 0.500. The lowest BCUT2D eigenvalue weighted by Crippen LogP contribution is -2.39. The van der Waals surface area contributed by atoms with Crippen molar-refractivity contribution in [3.8, 4) is 0 Å². The Hall–Kier alpha value is -1.35. The summed E-state index contributed by atoms with van der Waals surface area (Å²) >= 11 is 0. The van der Waals surface area contributed by atoms with Crippen LogP contribution in [0, 0.1) is 13.8 Å². The van der Waals surface area contributed by atoms with E-state index in [2.05, 4.69) is 5.32 Å².